The quantitative estimate of drug-likeness (QED) is 0.506. The maximum atomic E-state index is 12.2. The molecule has 0 heterocycles. The molecule has 7 nitrogen and oxygen atoms in total. The summed E-state index contributed by atoms with van der Waals surface area (Å²) in [5.74, 6) is -3.85. The topological polar surface area (TPSA) is 107 Å². The van der Waals surface area contributed by atoms with Crippen molar-refractivity contribution in [3.63, 3.8) is 0 Å². The van der Waals surface area contributed by atoms with Crippen LogP contribution in [0.25, 0.3) is 0 Å². The molecule has 0 spiro atoms. The van der Waals surface area contributed by atoms with Crippen LogP contribution >= 0.6 is 0 Å². The van der Waals surface area contributed by atoms with Gasteiger partial charge < -0.3 is 10.4 Å². The summed E-state index contributed by atoms with van der Waals surface area (Å²) in [5, 5.41) is 20.2. The van der Waals surface area contributed by atoms with E-state index in [9.17, 15) is 32.8 Å². The first kappa shape index (κ1) is 20.4. The lowest BCUT2D eigenvalue weighted by Gasteiger charge is -2.17. The van der Waals surface area contributed by atoms with E-state index in [4.69, 9.17) is 5.11 Å². The summed E-state index contributed by atoms with van der Waals surface area (Å²) >= 11 is 0. The van der Waals surface area contributed by atoms with Gasteiger partial charge in [0.25, 0.3) is 5.91 Å². The number of nitrogens with zero attached hydrogens (tertiary/aromatic N) is 1. The first-order valence-electron chi connectivity index (χ1n) is 7.16. The van der Waals surface area contributed by atoms with E-state index >= 15 is 0 Å². The van der Waals surface area contributed by atoms with Gasteiger partial charge in [-0.1, -0.05) is 19.1 Å². The standard InChI is InChI=1S/C15H17F3N2O5/c1-9(14(24)19-8-13(22)23)5-10-3-2-4-11(6-10)20(25)12(21)7-15(16,17)18/h2-4,6,9,25H,5,7-8H2,1H3,(H,19,24)(H,22,23). The van der Waals surface area contributed by atoms with Gasteiger partial charge in [0.1, 0.15) is 13.0 Å². The number of hydrogen-bond acceptors (Lipinski definition) is 4. The molecule has 138 valence electrons. The molecule has 2 amide bonds. The van der Waals surface area contributed by atoms with Gasteiger partial charge in [-0.3, -0.25) is 19.6 Å². The van der Waals surface area contributed by atoms with Crippen LogP contribution in [0.4, 0.5) is 18.9 Å². The number of anilines is 1. The average Bonchev–Trinajstić information content (AvgIpc) is 2.50. The fourth-order valence-electron chi connectivity index (χ4n) is 1.99. The highest BCUT2D eigenvalue weighted by Crippen LogP contribution is 2.23. The van der Waals surface area contributed by atoms with E-state index in [0.29, 0.717) is 5.56 Å². The third-order valence-corrected chi connectivity index (χ3v) is 3.15. The van der Waals surface area contributed by atoms with Crippen LogP contribution in [0, 0.1) is 5.92 Å². The number of halogens is 3. The molecule has 0 saturated carbocycles. The smallest absolute Gasteiger partial charge is 0.397 e. The minimum Gasteiger partial charge on any atom is -0.480 e. The highest BCUT2D eigenvalue weighted by atomic mass is 19.4. The van der Waals surface area contributed by atoms with E-state index < -0.39 is 42.8 Å². The van der Waals surface area contributed by atoms with Crippen molar-refractivity contribution < 1.29 is 37.9 Å². The number of carboxylic acid groups (broad SMARTS) is 1. The van der Waals surface area contributed by atoms with Gasteiger partial charge in [0, 0.05) is 5.92 Å². The Morgan fingerprint density at radius 3 is 2.48 bits per heavy atom. The normalized spacial score (nSPS) is 12.4. The second-order valence-corrected chi connectivity index (χ2v) is 5.38. The second-order valence-electron chi connectivity index (χ2n) is 5.38. The highest BCUT2D eigenvalue weighted by molar-refractivity contribution is 5.91. The molecule has 1 unspecified atom stereocenters. The van der Waals surface area contributed by atoms with E-state index in [1.54, 1.807) is 6.07 Å². The molecule has 3 N–H and O–H groups in total. The van der Waals surface area contributed by atoms with E-state index in [1.807, 2.05) is 0 Å². The van der Waals surface area contributed by atoms with E-state index in [1.165, 1.54) is 25.1 Å². The minimum atomic E-state index is -4.74. The molecule has 0 radical (unpaired) electrons. The van der Waals surface area contributed by atoms with Crippen LogP contribution in [0.2, 0.25) is 0 Å². The van der Waals surface area contributed by atoms with Crippen molar-refractivity contribution in [1.29, 1.82) is 0 Å². The van der Waals surface area contributed by atoms with Gasteiger partial charge in [0.2, 0.25) is 5.91 Å². The number of rotatable bonds is 7. The predicted molar refractivity (Wildman–Crippen MR) is 79.9 cm³/mol. The predicted octanol–water partition coefficient (Wildman–Crippen LogP) is 1.74. The summed E-state index contributed by atoms with van der Waals surface area (Å²) in [6.07, 6.45) is -6.41. The first-order valence-corrected chi connectivity index (χ1v) is 7.16. The number of carbonyl (C=O) groups is 3. The molecular weight excluding hydrogens is 345 g/mol. The van der Waals surface area contributed by atoms with Crippen LogP contribution in [-0.2, 0) is 20.8 Å². The zero-order valence-corrected chi connectivity index (χ0v) is 13.2. The third-order valence-electron chi connectivity index (χ3n) is 3.15. The van der Waals surface area contributed by atoms with Crippen molar-refractivity contribution in [3.05, 3.63) is 29.8 Å². The van der Waals surface area contributed by atoms with Gasteiger partial charge in [-0.15, -0.1) is 0 Å². The fourth-order valence-corrected chi connectivity index (χ4v) is 1.99. The highest BCUT2D eigenvalue weighted by Gasteiger charge is 2.33. The molecule has 1 atom stereocenters. The van der Waals surface area contributed by atoms with Crippen LogP contribution in [0.5, 0.6) is 0 Å². The Bertz CT molecular complexity index is 648. The van der Waals surface area contributed by atoms with Gasteiger partial charge in [-0.25, -0.2) is 0 Å². The van der Waals surface area contributed by atoms with Gasteiger partial charge >= 0.3 is 12.1 Å². The summed E-state index contributed by atoms with van der Waals surface area (Å²) in [7, 11) is 0. The summed E-state index contributed by atoms with van der Waals surface area (Å²) < 4.78 is 36.6. The molecule has 1 rings (SSSR count). The lowest BCUT2D eigenvalue weighted by Crippen LogP contribution is -2.34. The number of alkyl halides is 3. The fraction of sp³-hybridized carbons (Fsp3) is 0.400. The molecule has 25 heavy (non-hydrogen) atoms. The summed E-state index contributed by atoms with van der Waals surface area (Å²) in [5.41, 5.74) is 0.319. The maximum absolute atomic E-state index is 12.2. The minimum absolute atomic E-state index is 0.0911. The van der Waals surface area contributed by atoms with Crippen LogP contribution in [0.3, 0.4) is 0 Å². The molecule has 0 aliphatic carbocycles. The lowest BCUT2D eigenvalue weighted by atomic mass is 10.00. The van der Waals surface area contributed by atoms with Gasteiger partial charge in [0.05, 0.1) is 5.69 Å². The van der Waals surface area contributed by atoms with Gasteiger partial charge in [-0.05, 0) is 24.1 Å². The number of hydroxylamine groups is 1. The van der Waals surface area contributed by atoms with Crippen molar-refractivity contribution in [2.75, 3.05) is 11.6 Å². The van der Waals surface area contributed by atoms with Crippen LogP contribution < -0.4 is 10.4 Å². The van der Waals surface area contributed by atoms with E-state index in [-0.39, 0.29) is 17.2 Å². The largest absolute Gasteiger partial charge is 0.480 e. The Morgan fingerprint density at radius 1 is 1.28 bits per heavy atom. The molecule has 1 aromatic rings. The molecule has 0 aliphatic heterocycles. The van der Waals surface area contributed by atoms with Crippen molar-refractivity contribution in [3.8, 4) is 0 Å². The SMILES string of the molecule is CC(Cc1cccc(N(O)C(=O)CC(F)(F)F)c1)C(=O)NCC(=O)O. The summed E-state index contributed by atoms with van der Waals surface area (Å²) in [4.78, 5) is 33.5. The number of carboxylic acids is 1. The van der Waals surface area contributed by atoms with Gasteiger partial charge in [-0.2, -0.15) is 18.2 Å². The van der Waals surface area contributed by atoms with Crippen LogP contribution in [0.15, 0.2) is 24.3 Å². The second kappa shape index (κ2) is 8.47. The Hall–Kier alpha value is -2.62. The van der Waals surface area contributed by atoms with Crippen LogP contribution in [-0.4, -0.2) is 40.8 Å². The van der Waals surface area contributed by atoms with Crippen molar-refractivity contribution in [2.45, 2.75) is 25.9 Å². The molecule has 0 aromatic heterocycles. The summed E-state index contributed by atoms with van der Waals surface area (Å²) in [6.45, 7) is 1.01. The third kappa shape index (κ3) is 7.21. The Kier molecular flexibility index (Phi) is 6.92. The average molecular weight is 362 g/mol. The van der Waals surface area contributed by atoms with E-state index in [0.717, 1.165) is 0 Å². The molecule has 0 fully saturated rings. The number of hydrogen-bond donors (Lipinski definition) is 3. The molecule has 0 bridgehead atoms. The number of carbonyl (C=O) groups excluding carboxylic acids is 2. The zero-order valence-electron chi connectivity index (χ0n) is 13.2. The Morgan fingerprint density at radius 2 is 1.92 bits per heavy atom. The molecule has 10 heteroatoms. The van der Waals surface area contributed by atoms with E-state index in [2.05, 4.69) is 5.32 Å². The number of nitrogens with one attached hydrogen (secondary N) is 1. The number of benzene rings is 1. The van der Waals surface area contributed by atoms with Crippen molar-refractivity contribution >= 4 is 23.5 Å². The number of aliphatic carboxylic acids is 1. The zero-order chi connectivity index (χ0) is 19.2. The maximum Gasteiger partial charge on any atom is 0.397 e. The Labute approximate surface area is 141 Å². The number of amides is 2. The van der Waals surface area contributed by atoms with Crippen LogP contribution in [0.1, 0.15) is 18.9 Å². The van der Waals surface area contributed by atoms with Gasteiger partial charge in [0.15, 0.2) is 0 Å². The van der Waals surface area contributed by atoms with Crippen molar-refractivity contribution in [2.24, 2.45) is 5.92 Å². The molecule has 0 saturated heterocycles. The molecular formula is C15H17F3N2O5. The monoisotopic (exact) mass is 362 g/mol. The Balaban J connectivity index is 2.75. The molecule has 1 aromatic carbocycles. The first-order chi connectivity index (χ1) is 11.5. The van der Waals surface area contributed by atoms with Crippen molar-refractivity contribution in [1.82, 2.24) is 5.32 Å². The lowest BCUT2D eigenvalue weighted by molar-refractivity contribution is -0.155. The summed E-state index contributed by atoms with van der Waals surface area (Å²) in [6, 6.07) is 5.49. The molecule has 0 aliphatic rings.